The average molecular weight is 407 g/mol. The van der Waals surface area contributed by atoms with Crippen LogP contribution in [0.1, 0.15) is 27.7 Å². The van der Waals surface area contributed by atoms with Gasteiger partial charge in [0, 0.05) is 11.5 Å². The molecule has 1 heterocycles. The van der Waals surface area contributed by atoms with E-state index >= 15 is 0 Å². The van der Waals surface area contributed by atoms with Gasteiger partial charge in [0.2, 0.25) is 10.0 Å². The van der Waals surface area contributed by atoms with Crippen LogP contribution in [0.2, 0.25) is 0 Å². The number of rotatable bonds is 5. The Morgan fingerprint density at radius 2 is 1.64 bits per heavy atom. The molecule has 0 spiro atoms. The van der Waals surface area contributed by atoms with Gasteiger partial charge in [0.05, 0.1) is 23.1 Å². The fourth-order valence-electron chi connectivity index (χ4n) is 2.70. The van der Waals surface area contributed by atoms with E-state index in [2.05, 4.69) is 4.72 Å². The standard InChI is InChI=1S/C19H23BFNO5S/c1-18(2)19(3,4)27-20(26-18)14-11-10-13(12-15(14)21)25-17-9-7-6-8-16(17)22-28(5,23)24/h6-12,22H,1-5H3. The molecule has 1 saturated heterocycles. The first kappa shape index (κ1) is 20.6. The molecule has 0 radical (unpaired) electrons. The van der Waals surface area contributed by atoms with E-state index in [1.807, 2.05) is 27.7 Å². The zero-order chi connectivity index (χ0) is 20.7. The summed E-state index contributed by atoms with van der Waals surface area (Å²) in [5.41, 5.74) is -0.612. The summed E-state index contributed by atoms with van der Waals surface area (Å²) in [5.74, 6) is -0.0548. The summed E-state index contributed by atoms with van der Waals surface area (Å²) in [7, 11) is -4.30. The fourth-order valence-corrected chi connectivity index (χ4v) is 3.27. The lowest BCUT2D eigenvalue weighted by Crippen LogP contribution is -2.41. The molecule has 0 unspecified atom stereocenters. The molecular weight excluding hydrogens is 384 g/mol. The lowest BCUT2D eigenvalue weighted by molar-refractivity contribution is 0.00578. The molecule has 1 aliphatic heterocycles. The van der Waals surface area contributed by atoms with E-state index in [0.29, 0.717) is 0 Å². The zero-order valence-electron chi connectivity index (χ0n) is 16.4. The molecule has 28 heavy (non-hydrogen) atoms. The molecule has 0 atom stereocenters. The largest absolute Gasteiger partial charge is 0.497 e. The zero-order valence-corrected chi connectivity index (χ0v) is 17.3. The van der Waals surface area contributed by atoms with Gasteiger partial charge in [-0.2, -0.15) is 0 Å². The molecule has 9 heteroatoms. The molecule has 3 rings (SSSR count). The summed E-state index contributed by atoms with van der Waals surface area (Å²) < 4.78 is 57.6. The lowest BCUT2D eigenvalue weighted by atomic mass is 9.78. The van der Waals surface area contributed by atoms with Crippen molar-refractivity contribution in [3.8, 4) is 11.5 Å². The third-order valence-corrected chi connectivity index (χ3v) is 5.48. The van der Waals surface area contributed by atoms with Crippen molar-refractivity contribution in [2.45, 2.75) is 38.9 Å². The molecule has 1 fully saturated rings. The number of anilines is 1. The molecule has 0 aliphatic carbocycles. The van der Waals surface area contributed by atoms with Gasteiger partial charge in [0.25, 0.3) is 0 Å². The van der Waals surface area contributed by atoms with Crippen LogP contribution in [0.15, 0.2) is 42.5 Å². The third kappa shape index (κ3) is 4.32. The van der Waals surface area contributed by atoms with Crippen LogP contribution in [0, 0.1) is 5.82 Å². The van der Waals surface area contributed by atoms with E-state index in [1.54, 1.807) is 36.4 Å². The van der Waals surface area contributed by atoms with Crippen LogP contribution in [-0.4, -0.2) is 33.0 Å². The topological polar surface area (TPSA) is 73.9 Å². The average Bonchev–Trinajstić information content (AvgIpc) is 2.76. The first-order valence-electron chi connectivity index (χ1n) is 8.78. The van der Waals surface area contributed by atoms with Crippen molar-refractivity contribution in [3.63, 3.8) is 0 Å². The highest BCUT2D eigenvalue weighted by Gasteiger charge is 2.52. The Morgan fingerprint density at radius 3 is 2.21 bits per heavy atom. The van der Waals surface area contributed by atoms with Crippen LogP contribution in [0.5, 0.6) is 11.5 Å². The van der Waals surface area contributed by atoms with Gasteiger partial charge in [0.15, 0.2) is 5.75 Å². The Hall–Kier alpha value is -2.10. The number of nitrogens with one attached hydrogen (secondary N) is 1. The first-order chi connectivity index (χ1) is 12.9. The maximum Gasteiger partial charge on any atom is 0.497 e. The number of sulfonamides is 1. The molecule has 2 aromatic carbocycles. The third-order valence-electron chi connectivity index (χ3n) is 4.89. The van der Waals surface area contributed by atoms with Crippen molar-refractivity contribution >= 4 is 28.3 Å². The normalized spacial score (nSPS) is 18.1. The summed E-state index contributed by atoms with van der Waals surface area (Å²) >= 11 is 0. The quantitative estimate of drug-likeness (QED) is 0.771. The maximum absolute atomic E-state index is 14.7. The number of benzene rings is 2. The van der Waals surface area contributed by atoms with Crippen LogP contribution in [0.3, 0.4) is 0 Å². The predicted molar refractivity (Wildman–Crippen MR) is 107 cm³/mol. The number of hydrogen-bond acceptors (Lipinski definition) is 5. The summed E-state index contributed by atoms with van der Waals surface area (Å²) in [6.45, 7) is 7.59. The molecule has 1 N–H and O–H groups in total. The SMILES string of the molecule is CC1(C)OB(c2ccc(Oc3ccccc3NS(C)(=O)=O)cc2F)OC1(C)C. The highest BCUT2D eigenvalue weighted by Crippen LogP contribution is 2.37. The minimum absolute atomic E-state index is 0.223. The number of ether oxygens (including phenoxy) is 1. The van der Waals surface area contributed by atoms with E-state index in [4.69, 9.17) is 14.0 Å². The van der Waals surface area contributed by atoms with E-state index in [0.717, 1.165) is 6.26 Å². The van der Waals surface area contributed by atoms with Gasteiger partial charge in [-0.3, -0.25) is 4.72 Å². The van der Waals surface area contributed by atoms with Gasteiger partial charge < -0.3 is 14.0 Å². The Morgan fingerprint density at radius 1 is 1.04 bits per heavy atom. The van der Waals surface area contributed by atoms with Gasteiger partial charge in [0.1, 0.15) is 11.6 Å². The van der Waals surface area contributed by atoms with E-state index < -0.39 is 34.2 Å². The molecule has 0 saturated carbocycles. The van der Waals surface area contributed by atoms with Crippen molar-refractivity contribution in [2.24, 2.45) is 0 Å². The maximum atomic E-state index is 14.7. The van der Waals surface area contributed by atoms with Crippen LogP contribution in [0.4, 0.5) is 10.1 Å². The Balaban J connectivity index is 1.83. The molecule has 0 aromatic heterocycles. The van der Waals surface area contributed by atoms with Crippen LogP contribution in [-0.2, 0) is 19.3 Å². The first-order valence-corrected chi connectivity index (χ1v) is 10.7. The number of hydrogen-bond donors (Lipinski definition) is 1. The van der Waals surface area contributed by atoms with Gasteiger partial charge in [-0.15, -0.1) is 0 Å². The van der Waals surface area contributed by atoms with Gasteiger partial charge in [-0.05, 0) is 45.9 Å². The fraction of sp³-hybridized carbons (Fsp3) is 0.368. The minimum Gasteiger partial charge on any atom is -0.455 e. The molecule has 2 aromatic rings. The molecule has 6 nitrogen and oxygen atoms in total. The van der Waals surface area contributed by atoms with Crippen LogP contribution in [0.25, 0.3) is 0 Å². The van der Waals surface area contributed by atoms with Gasteiger partial charge in [-0.1, -0.05) is 18.2 Å². The smallest absolute Gasteiger partial charge is 0.455 e. The van der Waals surface area contributed by atoms with Gasteiger partial charge in [-0.25, -0.2) is 12.8 Å². The highest BCUT2D eigenvalue weighted by molar-refractivity contribution is 7.92. The van der Waals surface area contributed by atoms with Crippen LogP contribution < -0.4 is 14.9 Å². The Labute approximate surface area is 165 Å². The van der Waals surface area contributed by atoms with Crippen molar-refractivity contribution in [1.29, 1.82) is 0 Å². The van der Waals surface area contributed by atoms with E-state index in [-0.39, 0.29) is 22.6 Å². The van der Waals surface area contributed by atoms with E-state index in [1.165, 1.54) is 6.07 Å². The highest BCUT2D eigenvalue weighted by atomic mass is 32.2. The molecular formula is C19H23BFNO5S. The minimum atomic E-state index is -3.48. The number of halogens is 1. The van der Waals surface area contributed by atoms with E-state index in [9.17, 15) is 12.8 Å². The second kappa shape index (κ2) is 7.06. The molecule has 0 bridgehead atoms. The Bertz CT molecular complexity index is 978. The number of para-hydroxylation sites is 2. The summed E-state index contributed by atoms with van der Waals surface area (Å²) in [5, 5.41) is 0. The summed E-state index contributed by atoms with van der Waals surface area (Å²) in [6.07, 6.45) is 1.04. The molecule has 0 amide bonds. The molecule has 1 aliphatic rings. The lowest BCUT2D eigenvalue weighted by Gasteiger charge is -2.32. The van der Waals surface area contributed by atoms with Crippen molar-refractivity contribution < 1.29 is 26.9 Å². The monoisotopic (exact) mass is 407 g/mol. The summed E-state index contributed by atoms with van der Waals surface area (Å²) in [4.78, 5) is 0. The predicted octanol–water partition coefficient (Wildman–Crippen LogP) is 3.29. The Kier molecular flexibility index (Phi) is 5.20. The summed E-state index contributed by atoms with van der Waals surface area (Å²) in [6, 6.07) is 10.9. The van der Waals surface area contributed by atoms with Crippen LogP contribution >= 0.6 is 0 Å². The van der Waals surface area contributed by atoms with Crippen molar-refractivity contribution in [3.05, 3.63) is 48.3 Å². The second-order valence-electron chi connectivity index (χ2n) is 7.74. The van der Waals surface area contributed by atoms with Crippen molar-refractivity contribution in [1.82, 2.24) is 0 Å². The second-order valence-corrected chi connectivity index (χ2v) is 9.49. The van der Waals surface area contributed by atoms with Crippen molar-refractivity contribution in [2.75, 3.05) is 11.0 Å². The molecule has 150 valence electrons. The van der Waals surface area contributed by atoms with Gasteiger partial charge >= 0.3 is 7.12 Å².